The normalized spacial score (nSPS) is 33.6. The largest absolute Gasteiger partial charge is 0.387 e. The van der Waals surface area contributed by atoms with E-state index in [1.165, 1.54) is 12.8 Å². The molecular formula is C15H22N2O. The molecule has 1 heterocycles. The molecule has 2 bridgehead atoms. The van der Waals surface area contributed by atoms with Crippen LogP contribution in [0.3, 0.4) is 0 Å². The summed E-state index contributed by atoms with van der Waals surface area (Å²) in [5, 5.41) is 10.3. The average Bonchev–Trinajstić information content (AvgIpc) is 2.63. The number of aliphatic hydroxyl groups excluding tert-OH is 1. The fraction of sp³-hybridized carbons (Fsp3) is 0.600. The molecule has 0 radical (unpaired) electrons. The van der Waals surface area contributed by atoms with Gasteiger partial charge in [0.25, 0.3) is 0 Å². The molecule has 98 valence electrons. The van der Waals surface area contributed by atoms with Crippen molar-refractivity contribution in [2.24, 2.45) is 17.6 Å². The van der Waals surface area contributed by atoms with Gasteiger partial charge in [-0.2, -0.15) is 0 Å². The summed E-state index contributed by atoms with van der Waals surface area (Å²) in [7, 11) is 0. The van der Waals surface area contributed by atoms with Gasteiger partial charge in [-0.1, -0.05) is 30.3 Å². The number of likely N-dealkylation sites (tertiary alicyclic amines) is 1. The Bertz CT molecular complexity index is 381. The predicted octanol–water partition coefficient (Wildman–Crippen LogP) is 1.39. The van der Waals surface area contributed by atoms with Crippen molar-refractivity contribution in [3.05, 3.63) is 35.9 Å². The summed E-state index contributed by atoms with van der Waals surface area (Å²) in [4.78, 5) is 2.39. The van der Waals surface area contributed by atoms with Crippen LogP contribution in [0.15, 0.2) is 30.3 Å². The average molecular weight is 246 g/mol. The Kier molecular flexibility index (Phi) is 3.37. The summed E-state index contributed by atoms with van der Waals surface area (Å²) >= 11 is 0. The standard InChI is InChI=1S/C15H22N2O/c16-15-12-6-7-13(15)9-17(8-12)10-14(18)11-4-2-1-3-5-11/h1-5,12-15,18H,6-10,16H2/t12-,13+,14?,15?. The smallest absolute Gasteiger partial charge is 0.0916 e. The maximum Gasteiger partial charge on any atom is 0.0916 e. The van der Waals surface area contributed by atoms with Crippen molar-refractivity contribution in [3.63, 3.8) is 0 Å². The number of nitrogens with two attached hydrogens (primary N) is 1. The van der Waals surface area contributed by atoms with E-state index in [-0.39, 0.29) is 6.10 Å². The fourth-order valence-electron chi connectivity index (χ4n) is 3.54. The lowest BCUT2D eigenvalue weighted by molar-refractivity contribution is 0.0734. The minimum Gasteiger partial charge on any atom is -0.387 e. The van der Waals surface area contributed by atoms with Gasteiger partial charge in [0, 0.05) is 25.7 Å². The highest BCUT2D eigenvalue weighted by atomic mass is 16.3. The molecule has 18 heavy (non-hydrogen) atoms. The van der Waals surface area contributed by atoms with Gasteiger partial charge < -0.3 is 10.8 Å². The molecule has 2 fully saturated rings. The van der Waals surface area contributed by atoms with Gasteiger partial charge in [0.1, 0.15) is 0 Å². The number of aliphatic hydroxyl groups is 1. The van der Waals surface area contributed by atoms with Crippen LogP contribution in [0.2, 0.25) is 0 Å². The van der Waals surface area contributed by atoms with Crippen LogP contribution in [0.1, 0.15) is 24.5 Å². The SMILES string of the molecule is NC1[C@@H]2CC[C@H]1CN(CC(O)c1ccccc1)C2. The molecule has 3 N–H and O–H groups in total. The van der Waals surface area contributed by atoms with E-state index in [0.717, 1.165) is 25.2 Å². The predicted molar refractivity (Wildman–Crippen MR) is 72.0 cm³/mol. The van der Waals surface area contributed by atoms with Gasteiger partial charge in [-0.3, -0.25) is 4.90 Å². The lowest BCUT2D eigenvalue weighted by atomic mass is 9.92. The molecular weight excluding hydrogens is 224 g/mol. The van der Waals surface area contributed by atoms with Crippen LogP contribution in [0.5, 0.6) is 0 Å². The third-order valence-corrected chi connectivity index (χ3v) is 4.60. The van der Waals surface area contributed by atoms with E-state index in [1.54, 1.807) is 0 Å². The van der Waals surface area contributed by atoms with Crippen molar-refractivity contribution >= 4 is 0 Å². The first-order valence-corrected chi connectivity index (χ1v) is 6.95. The lowest BCUT2D eigenvalue weighted by Crippen LogP contribution is -2.49. The zero-order valence-electron chi connectivity index (χ0n) is 10.7. The second kappa shape index (κ2) is 5.00. The molecule has 4 atom stereocenters. The number of hydrogen-bond donors (Lipinski definition) is 2. The third-order valence-electron chi connectivity index (χ3n) is 4.60. The van der Waals surface area contributed by atoms with Crippen molar-refractivity contribution in [2.45, 2.75) is 25.0 Å². The van der Waals surface area contributed by atoms with Gasteiger partial charge in [0.15, 0.2) is 0 Å². The van der Waals surface area contributed by atoms with Gasteiger partial charge in [-0.25, -0.2) is 0 Å². The molecule has 1 aromatic carbocycles. The monoisotopic (exact) mass is 246 g/mol. The number of β-amino-alcohol motifs (C(OH)–C–C–N with tert-alkyl or cyclic N) is 1. The highest BCUT2D eigenvalue weighted by molar-refractivity contribution is 5.17. The summed E-state index contributed by atoms with van der Waals surface area (Å²) in [6.45, 7) is 2.85. The quantitative estimate of drug-likeness (QED) is 0.847. The minimum absolute atomic E-state index is 0.375. The molecule has 0 aromatic heterocycles. The number of rotatable bonds is 3. The first kappa shape index (κ1) is 12.2. The molecule has 1 aliphatic carbocycles. The van der Waals surface area contributed by atoms with Crippen LogP contribution < -0.4 is 5.73 Å². The molecule has 1 saturated heterocycles. The van der Waals surface area contributed by atoms with Gasteiger partial charge in [-0.15, -0.1) is 0 Å². The Hall–Kier alpha value is -0.900. The molecule has 1 aliphatic heterocycles. The Morgan fingerprint density at radius 3 is 2.39 bits per heavy atom. The van der Waals surface area contributed by atoms with Crippen LogP contribution in [-0.2, 0) is 0 Å². The Labute approximate surface area is 109 Å². The Balaban J connectivity index is 1.61. The molecule has 0 amide bonds. The van der Waals surface area contributed by atoms with Crippen LogP contribution >= 0.6 is 0 Å². The number of hydrogen-bond acceptors (Lipinski definition) is 3. The zero-order valence-corrected chi connectivity index (χ0v) is 10.7. The van der Waals surface area contributed by atoms with Crippen molar-refractivity contribution in [2.75, 3.05) is 19.6 Å². The third kappa shape index (κ3) is 2.30. The van der Waals surface area contributed by atoms with Crippen LogP contribution in [0, 0.1) is 11.8 Å². The van der Waals surface area contributed by atoms with Crippen molar-refractivity contribution in [1.82, 2.24) is 4.90 Å². The van der Waals surface area contributed by atoms with Gasteiger partial charge in [-0.05, 0) is 30.2 Å². The Morgan fingerprint density at radius 1 is 1.17 bits per heavy atom. The number of nitrogens with zero attached hydrogens (tertiary/aromatic N) is 1. The molecule has 2 aliphatic rings. The van der Waals surface area contributed by atoms with E-state index in [4.69, 9.17) is 5.73 Å². The molecule has 3 heteroatoms. The maximum atomic E-state index is 10.3. The van der Waals surface area contributed by atoms with Crippen molar-refractivity contribution < 1.29 is 5.11 Å². The van der Waals surface area contributed by atoms with E-state index < -0.39 is 0 Å². The lowest BCUT2D eigenvalue weighted by Gasteiger charge is -2.37. The summed E-state index contributed by atoms with van der Waals surface area (Å²) in [6, 6.07) is 10.3. The highest BCUT2D eigenvalue weighted by Gasteiger charge is 2.39. The topological polar surface area (TPSA) is 49.5 Å². The number of benzene rings is 1. The summed E-state index contributed by atoms with van der Waals surface area (Å²) in [5.74, 6) is 1.29. The highest BCUT2D eigenvalue weighted by Crippen LogP contribution is 2.36. The molecule has 1 aromatic rings. The fourth-order valence-corrected chi connectivity index (χ4v) is 3.54. The molecule has 3 rings (SSSR count). The maximum absolute atomic E-state index is 10.3. The van der Waals surface area contributed by atoms with E-state index in [2.05, 4.69) is 4.90 Å². The summed E-state index contributed by atoms with van der Waals surface area (Å²) in [6.07, 6.45) is 2.16. The first-order valence-electron chi connectivity index (χ1n) is 6.95. The van der Waals surface area contributed by atoms with Crippen LogP contribution in [0.25, 0.3) is 0 Å². The van der Waals surface area contributed by atoms with Gasteiger partial charge in [0.05, 0.1) is 6.10 Å². The minimum atomic E-state index is -0.375. The van der Waals surface area contributed by atoms with E-state index in [1.807, 2.05) is 30.3 Å². The molecule has 0 spiro atoms. The Morgan fingerprint density at radius 2 is 1.78 bits per heavy atom. The summed E-state index contributed by atoms with van der Waals surface area (Å²) in [5.41, 5.74) is 7.21. The second-order valence-corrected chi connectivity index (χ2v) is 5.82. The number of fused-ring (bicyclic) bond motifs is 2. The molecule has 3 nitrogen and oxygen atoms in total. The summed E-state index contributed by atoms with van der Waals surface area (Å²) < 4.78 is 0. The number of piperidine rings is 1. The van der Waals surface area contributed by atoms with Crippen LogP contribution in [0.4, 0.5) is 0 Å². The molecule has 1 saturated carbocycles. The van der Waals surface area contributed by atoms with Crippen LogP contribution in [-0.4, -0.2) is 35.7 Å². The van der Waals surface area contributed by atoms with Crippen molar-refractivity contribution in [3.8, 4) is 0 Å². The zero-order chi connectivity index (χ0) is 12.5. The first-order chi connectivity index (χ1) is 8.74. The van der Waals surface area contributed by atoms with E-state index in [0.29, 0.717) is 17.9 Å². The van der Waals surface area contributed by atoms with E-state index in [9.17, 15) is 5.11 Å². The van der Waals surface area contributed by atoms with E-state index >= 15 is 0 Å². The van der Waals surface area contributed by atoms with Gasteiger partial charge >= 0.3 is 0 Å². The second-order valence-electron chi connectivity index (χ2n) is 5.82. The molecule has 2 unspecified atom stereocenters. The van der Waals surface area contributed by atoms with Gasteiger partial charge in [0.2, 0.25) is 0 Å². The van der Waals surface area contributed by atoms with Crippen molar-refractivity contribution in [1.29, 1.82) is 0 Å².